The van der Waals surface area contributed by atoms with Crippen LogP contribution in [0.1, 0.15) is 17.5 Å². The smallest absolute Gasteiger partial charge is 0.111 e. The highest BCUT2D eigenvalue weighted by Crippen LogP contribution is 2.20. The van der Waals surface area contributed by atoms with Crippen LogP contribution in [0.4, 0.5) is 0 Å². The van der Waals surface area contributed by atoms with Gasteiger partial charge in [0.25, 0.3) is 0 Å². The van der Waals surface area contributed by atoms with Gasteiger partial charge in [0.05, 0.1) is 25.9 Å². The van der Waals surface area contributed by atoms with Crippen LogP contribution in [0.5, 0.6) is 0 Å². The number of hydrogen-bond donors (Lipinski definition) is 0. The molecular weight excluding hydrogens is 324 g/mol. The first kappa shape index (κ1) is 18.4. The summed E-state index contributed by atoms with van der Waals surface area (Å²) in [5.74, 6) is 2.65. The van der Waals surface area contributed by atoms with E-state index < -0.39 is 0 Å². The lowest BCUT2D eigenvalue weighted by Crippen LogP contribution is -2.40. The van der Waals surface area contributed by atoms with Crippen molar-refractivity contribution in [1.82, 2.24) is 0 Å². The molecule has 0 aromatic heterocycles. The third kappa shape index (κ3) is 5.57. The third-order valence-electron chi connectivity index (χ3n) is 4.23. The molecule has 0 saturated carbocycles. The van der Waals surface area contributed by atoms with Gasteiger partial charge in [-0.05, 0) is 11.1 Å². The van der Waals surface area contributed by atoms with Crippen LogP contribution < -0.4 is 0 Å². The molecule has 3 heteroatoms. The Morgan fingerprint density at radius 2 is 1.54 bits per heavy atom. The van der Waals surface area contributed by atoms with E-state index in [-0.39, 0.29) is 18.3 Å². The van der Waals surface area contributed by atoms with Crippen molar-refractivity contribution in [2.45, 2.75) is 37.9 Å². The van der Waals surface area contributed by atoms with Gasteiger partial charge in [0.2, 0.25) is 0 Å². The molecule has 0 aliphatic carbocycles. The molecule has 3 atom stereocenters. The average molecular weight is 348 g/mol. The number of ether oxygens (including phenoxy) is 3. The second-order valence-electron chi connectivity index (χ2n) is 6.27. The summed E-state index contributed by atoms with van der Waals surface area (Å²) in [5.41, 5.74) is 2.27. The fraction of sp³-hybridized carbons (Fsp3) is 0.304. The van der Waals surface area contributed by atoms with Gasteiger partial charge in [-0.25, -0.2) is 0 Å². The molecule has 1 heterocycles. The molecule has 1 aliphatic rings. The maximum Gasteiger partial charge on any atom is 0.111 e. The molecule has 0 radical (unpaired) electrons. The third-order valence-corrected chi connectivity index (χ3v) is 4.23. The zero-order valence-electron chi connectivity index (χ0n) is 14.8. The molecule has 3 rings (SSSR count). The quantitative estimate of drug-likeness (QED) is 0.530. The van der Waals surface area contributed by atoms with E-state index in [9.17, 15) is 0 Å². The Kier molecular flexibility index (Phi) is 7.04. The Balaban J connectivity index is 1.56. The minimum atomic E-state index is -0.175. The van der Waals surface area contributed by atoms with Gasteiger partial charge in [0.15, 0.2) is 0 Å². The highest BCUT2D eigenvalue weighted by molar-refractivity contribution is 5.15. The predicted molar refractivity (Wildman–Crippen MR) is 102 cm³/mol. The standard InChI is InChI=1S/C23H24O3/c1-2-9-21-14-15-22(25-17-20-12-7-4-8-13-20)23(26-21)18-24-16-19-10-5-3-6-11-19/h1,3-8,10-15,21-23H,9,16-18H2/t21-,22-,23-/m1/s1. The van der Waals surface area contributed by atoms with Crippen LogP contribution in [0.2, 0.25) is 0 Å². The molecule has 0 N–H and O–H groups in total. The predicted octanol–water partition coefficient (Wildman–Crippen LogP) is 4.14. The van der Waals surface area contributed by atoms with Crippen molar-refractivity contribution in [2.24, 2.45) is 0 Å². The van der Waals surface area contributed by atoms with Gasteiger partial charge < -0.3 is 14.2 Å². The van der Waals surface area contributed by atoms with Crippen LogP contribution in [0, 0.1) is 12.3 Å². The number of hydrogen-bond acceptors (Lipinski definition) is 3. The molecule has 26 heavy (non-hydrogen) atoms. The van der Waals surface area contributed by atoms with Crippen molar-refractivity contribution in [3.8, 4) is 12.3 Å². The lowest BCUT2D eigenvalue weighted by atomic mass is 10.1. The second kappa shape index (κ2) is 9.94. The summed E-state index contributed by atoms with van der Waals surface area (Å²) in [7, 11) is 0. The van der Waals surface area contributed by atoms with Gasteiger partial charge in [-0.15, -0.1) is 12.3 Å². The van der Waals surface area contributed by atoms with E-state index in [1.54, 1.807) is 0 Å². The molecule has 0 unspecified atom stereocenters. The Morgan fingerprint density at radius 1 is 0.885 bits per heavy atom. The maximum absolute atomic E-state index is 6.09. The van der Waals surface area contributed by atoms with Crippen molar-refractivity contribution >= 4 is 0 Å². The summed E-state index contributed by atoms with van der Waals surface area (Å²) < 4.78 is 18.0. The number of benzene rings is 2. The minimum Gasteiger partial charge on any atom is -0.374 e. The summed E-state index contributed by atoms with van der Waals surface area (Å²) in [6.07, 6.45) is 9.60. The molecule has 0 fully saturated rings. The Morgan fingerprint density at radius 3 is 2.19 bits per heavy atom. The molecule has 1 aliphatic heterocycles. The molecule has 0 spiro atoms. The topological polar surface area (TPSA) is 27.7 Å². The van der Waals surface area contributed by atoms with Crippen LogP contribution in [0.3, 0.4) is 0 Å². The Bertz CT molecular complexity index is 718. The monoisotopic (exact) mass is 348 g/mol. The highest BCUT2D eigenvalue weighted by atomic mass is 16.6. The summed E-state index contributed by atoms with van der Waals surface area (Å²) in [6, 6.07) is 20.2. The first-order valence-corrected chi connectivity index (χ1v) is 8.89. The Hall–Kier alpha value is -2.38. The van der Waals surface area contributed by atoms with E-state index in [1.807, 2.05) is 60.7 Å². The summed E-state index contributed by atoms with van der Waals surface area (Å²) >= 11 is 0. The van der Waals surface area contributed by atoms with Crippen molar-refractivity contribution in [3.05, 3.63) is 83.9 Å². The van der Waals surface area contributed by atoms with E-state index >= 15 is 0 Å². The van der Waals surface area contributed by atoms with Gasteiger partial charge in [-0.1, -0.05) is 72.8 Å². The maximum atomic E-state index is 6.09. The van der Waals surface area contributed by atoms with Gasteiger partial charge in [0.1, 0.15) is 12.2 Å². The minimum absolute atomic E-state index is 0.0816. The molecule has 3 nitrogen and oxygen atoms in total. The molecule has 2 aromatic rings. The molecule has 0 saturated heterocycles. The van der Waals surface area contributed by atoms with Crippen LogP contribution in [0.25, 0.3) is 0 Å². The van der Waals surface area contributed by atoms with Crippen molar-refractivity contribution in [3.63, 3.8) is 0 Å². The molecule has 134 valence electrons. The lowest BCUT2D eigenvalue weighted by molar-refractivity contribution is -0.117. The second-order valence-corrected chi connectivity index (χ2v) is 6.27. The fourth-order valence-electron chi connectivity index (χ4n) is 2.87. The van der Waals surface area contributed by atoms with Crippen molar-refractivity contribution < 1.29 is 14.2 Å². The van der Waals surface area contributed by atoms with Crippen LogP contribution in [0.15, 0.2) is 72.8 Å². The molecule has 0 bridgehead atoms. The number of terminal acetylenes is 1. The zero-order chi connectivity index (χ0) is 18.0. The van der Waals surface area contributed by atoms with Gasteiger partial charge >= 0.3 is 0 Å². The summed E-state index contributed by atoms with van der Waals surface area (Å²) in [6.45, 7) is 1.55. The average Bonchev–Trinajstić information content (AvgIpc) is 2.69. The van der Waals surface area contributed by atoms with E-state index in [0.717, 1.165) is 11.1 Å². The van der Waals surface area contributed by atoms with E-state index in [2.05, 4.69) is 18.1 Å². The highest BCUT2D eigenvalue weighted by Gasteiger charge is 2.28. The van der Waals surface area contributed by atoms with E-state index in [0.29, 0.717) is 26.2 Å². The normalized spacial score (nSPS) is 22.0. The first-order chi connectivity index (χ1) is 12.8. The summed E-state index contributed by atoms with van der Waals surface area (Å²) in [4.78, 5) is 0. The van der Waals surface area contributed by atoms with Crippen molar-refractivity contribution in [1.29, 1.82) is 0 Å². The van der Waals surface area contributed by atoms with E-state index in [4.69, 9.17) is 20.6 Å². The SMILES string of the molecule is C#CC[C@@H]1C=C[C@@H](OCc2ccccc2)[C@@H](COCc2ccccc2)O1. The molecular formula is C23H24O3. The molecule has 2 aromatic carbocycles. The van der Waals surface area contributed by atoms with Gasteiger partial charge in [-0.3, -0.25) is 0 Å². The Labute approximate surface area is 155 Å². The van der Waals surface area contributed by atoms with Crippen LogP contribution in [-0.2, 0) is 27.4 Å². The van der Waals surface area contributed by atoms with Gasteiger partial charge in [-0.2, -0.15) is 0 Å². The van der Waals surface area contributed by atoms with Crippen LogP contribution >= 0.6 is 0 Å². The first-order valence-electron chi connectivity index (χ1n) is 8.89. The lowest BCUT2D eigenvalue weighted by Gasteiger charge is -2.31. The van der Waals surface area contributed by atoms with Crippen LogP contribution in [-0.4, -0.2) is 24.9 Å². The molecule has 0 amide bonds. The zero-order valence-corrected chi connectivity index (χ0v) is 14.8. The van der Waals surface area contributed by atoms with Crippen molar-refractivity contribution in [2.75, 3.05) is 6.61 Å². The van der Waals surface area contributed by atoms with E-state index in [1.165, 1.54) is 0 Å². The fourth-order valence-corrected chi connectivity index (χ4v) is 2.87. The van der Waals surface area contributed by atoms with Gasteiger partial charge in [0, 0.05) is 6.42 Å². The summed E-state index contributed by atoms with van der Waals surface area (Å²) in [5, 5.41) is 0. The number of rotatable bonds is 8. The largest absolute Gasteiger partial charge is 0.374 e.